The topological polar surface area (TPSA) is 24.5 Å². The number of nitrogens with zero attached hydrogens (tertiary/aromatic N) is 1. The minimum atomic E-state index is 0.203. The van der Waals surface area contributed by atoms with Crippen LogP contribution in [0.15, 0.2) is 78.9 Å². The second kappa shape index (κ2) is 9.05. The maximum Gasteiger partial charge on any atom is 0.124 e. The minimum absolute atomic E-state index is 0.203. The molecule has 28 heavy (non-hydrogen) atoms. The van der Waals surface area contributed by atoms with Crippen LogP contribution < -0.4 is 10.1 Å². The summed E-state index contributed by atoms with van der Waals surface area (Å²) >= 11 is 0. The zero-order valence-electron chi connectivity index (χ0n) is 16.5. The summed E-state index contributed by atoms with van der Waals surface area (Å²) in [5.41, 5.74) is 5.07. The predicted molar refractivity (Wildman–Crippen MR) is 116 cm³/mol. The normalized spacial score (nSPS) is 15.9. The molecule has 3 aromatic rings. The lowest BCUT2D eigenvalue weighted by atomic mass is 9.93. The molecule has 4 rings (SSSR count). The number of piperazine rings is 1. The van der Waals surface area contributed by atoms with Gasteiger partial charge in [-0.15, -0.1) is 0 Å². The van der Waals surface area contributed by atoms with Crippen LogP contribution in [0.3, 0.4) is 0 Å². The van der Waals surface area contributed by atoms with Crippen molar-refractivity contribution >= 4 is 0 Å². The fourth-order valence-electron chi connectivity index (χ4n) is 4.01. The zero-order chi connectivity index (χ0) is 19.2. The van der Waals surface area contributed by atoms with Gasteiger partial charge in [0.15, 0.2) is 0 Å². The van der Waals surface area contributed by atoms with Crippen molar-refractivity contribution in [2.24, 2.45) is 0 Å². The van der Waals surface area contributed by atoms with Crippen molar-refractivity contribution in [2.75, 3.05) is 32.8 Å². The summed E-state index contributed by atoms with van der Waals surface area (Å²) in [6.45, 7) is 6.84. The first kappa shape index (κ1) is 18.7. The van der Waals surface area contributed by atoms with Gasteiger partial charge in [0, 0.05) is 31.7 Å². The molecule has 0 saturated carbocycles. The van der Waals surface area contributed by atoms with Gasteiger partial charge in [0.2, 0.25) is 0 Å². The summed E-state index contributed by atoms with van der Waals surface area (Å²) in [6.07, 6.45) is 0. The van der Waals surface area contributed by atoms with Crippen molar-refractivity contribution in [3.05, 3.63) is 90.0 Å². The van der Waals surface area contributed by atoms with E-state index in [0.717, 1.165) is 31.9 Å². The standard InChI is InChI=1S/C25H28N2O/c1-2-28-24-11-7-6-10-23(24)25(27-18-16-26-17-19-27)22-14-12-21(13-15-22)20-8-4-3-5-9-20/h3-15,25-26H,2,16-19H2,1H3. The molecule has 1 aliphatic heterocycles. The highest BCUT2D eigenvalue weighted by Crippen LogP contribution is 2.35. The van der Waals surface area contributed by atoms with Gasteiger partial charge in [-0.2, -0.15) is 0 Å². The molecule has 0 aliphatic carbocycles. The Kier molecular flexibility index (Phi) is 6.05. The third kappa shape index (κ3) is 4.11. The number of ether oxygens (including phenoxy) is 1. The smallest absolute Gasteiger partial charge is 0.124 e. The molecule has 1 N–H and O–H groups in total. The average Bonchev–Trinajstić information content (AvgIpc) is 2.77. The van der Waals surface area contributed by atoms with Crippen LogP contribution in [-0.4, -0.2) is 37.7 Å². The number of nitrogens with one attached hydrogen (secondary N) is 1. The summed E-state index contributed by atoms with van der Waals surface area (Å²) in [7, 11) is 0. The molecule has 0 radical (unpaired) electrons. The molecule has 1 aliphatic rings. The van der Waals surface area contributed by atoms with Crippen molar-refractivity contribution in [1.29, 1.82) is 0 Å². The highest BCUT2D eigenvalue weighted by Gasteiger charge is 2.26. The van der Waals surface area contributed by atoms with E-state index in [4.69, 9.17) is 4.74 Å². The van der Waals surface area contributed by atoms with E-state index >= 15 is 0 Å². The lowest BCUT2D eigenvalue weighted by Gasteiger charge is -2.36. The van der Waals surface area contributed by atoms with Crippen LogP contribution in [0.4, 0.5) is 0 Å². The van der Waals surface area contributed by atoms with Gasteiger partial charge in [-0.05, 0) is 29.7 Å². The lowest BCUT2D eigenvalue weighted by Crippen LogP contribution is -2.45. The monoisotopic (exact) mass is 372 g/mol. The predicted octanol–water partition coefficient (Wildman–Crippen LogP) is 4.75. The van der Waals surface area contributed by atoms with Gasteiger partial charge in [-0.1, -0.05) is 72.8 Å². The van der Waals surface area contributed by atoms with E-state index in [2.05, 4.69) is 89.1 Å². The molecule has 144 valence electrons. The molecule has 0 aromatic heterocycles. The van der Waals surface area contributed by atoms with E-state index in [-0.39, 0.29) is 6.04 Å². The molecule has 1 atom stereocenters. The molecule has 1 saturated heterocycles. The molecule has 0 bridgehead atoms. The van der Waals surface area contributed by atoms with Gasteiger partial charge in [0.25, 0.3) is 0 Å². The molecule has 1 heterocycles. The third-order valence-corrected chi connectivity index (χ3v) is 5.36. The molecule has 3 aromatic carbocycles. The number of para-hydroxylation sites is 1. The summed E-state index contributed by atoms with van der Waals surface area (Å²) in [5, 5.41) is 3.47. The first-order chi connectivity index (χ1) is 13.9. The van der Waals surface area contributed by atoms with E-state index in [1.54, 1.807) is 0 Å². The van der Waals surface area contributed by atoms with Crippen LogP contribution in [-0.2, 0) is 0 Å². The molecule has 3 nitrogen and oxygen atoms in total. The SMILES string of the molecule is CCOc1ccccc1C(c1ccc(-c2ccccc2)cc1)N1CCNCC1. The highest BCUT2D eigenvalue weighted by molar-refractivity contribution is 5.63. The minimum Gasteiger partial charge on any atom is -0.494 e. The van der Waals surface area contributed by atoms with E-state index in [1.165, 1.54) is 22.3 Å². The van der Waals surface area contributed by atoms with Crippen LogP contribution in [0.25, 0.3) is 11.1 Å². The van der Waals surface area contributed by atoms with Crippen LogP contribution >= 0.6 is 0 Å². The molecule has 1 unspecified atom stereocenters. The Hall–Kier alpha value is -2.62. The maximum absolute atomic E-state index is 5.98. The van der Waals surface area contributed by atoms with E-state index in [1.807, 2.05) is 6.92 Å². The van der Waals surface area contributed by atoms with Crippen molar-refractivity contribution in [1.82, 2.24) is 10.2 Å². The van der Waals surface area contributed by atoms with Crippen molar-refractivity contribution in [3.8, 4) is 16.9 Å². The number of rotatable bonds is 6. The highest BCUT2D eigenvalue weighted by atomic mass is 16.5. The third-order valence-electron chi connectivity index (χ3n) is 5.36. The Balaban J connectivity index is 1.72. The molecule has 1 fully saturated rings. The molecular weight excluding hydrogens is 344 g/mol. The second-order valence-electron chi connectivity index (χ2n) is 7.15. The Morgan fingerprint density at radius 3 is 2.18 bits per heavy atom. The second-order valence-corrected chi connectivity index (χ2v) is 7.15. The van der Waals surface area contributed by atoms with Crippen LogP contribution in [0.2, 0.25) is 0 Å². The fraction of sp³-hybridized carbons (Fsp3) is 0.280. The Bertz CT molecular complexity index is 871. The quantitative estimate of drug-likeness (QED) is 0.676. The van der Waals surface area contributed by atoms with Gasteiger partial charge in [-0.25, -0.2) is 0 Å². The maximum atomic E-state index is 5.98. The molecular formula is C25H28N2O. The van der Waals surface area contributed by atoms with Crippen LogP contribution in [0.1, 0.15) is 24.1 Å². The summed E-state index contributed by atoms with van der Waals surface area (Å²) < 4.78 is 5.98. The molecule has 3 heteroatoms. The van der Waals surface area contributed by atoms with E-state index in [0.29, 0.717) is 6.61 Å². The van der Waals surface area contributed by atoms with E-state index < -0.39 is 0 Å². The molecule has 0 spiro atoms. The Morgan fingerprint density at radius 1 is 0.821 bits per heavy atom. The summed E-state index contributed by atoms with van der Waals surface area (Å²) in [6, 6.07) is 28.3. The van der Waals surface area contributed by atoms with Gasteiger partial charge in [-0.3, -0.25) is 4.90 Å². The van der Waals surface area contributed by atoms with Crippen molar-refractivity contribution < 1.29 is 4.74 Å². The Morgan fingerprint density at radius 2 is 1.46 bits per heavy atom. The van der Waals surface area contributed by atoms with Crippen LogP contribution in [0.5, 0.6) is 5.75 Å². The lowest BCUT2D eigenvalue weighted by molar-refractivity contribution is 0.194. The first-order valence-corrected chi connectivity index (χ1v) is 10.2. The number of hydrogen-bond donors (Lipinski definition) is 1. The fourth-order valence-corrected chi connectivity index (χ4v) is 4.01. The van der Waals surface area contributed by atoms with Gasteiger partial charge >= 0.3 is 0 Å². The largest absolute Gasteiger partial charge is 0.494 e. The van der Waals surface area contributed by atoms with Gasteiger partial charge in [0.1, 0.15) is 5.75 Å². The molecule has 0 amide bonds. The van der Waals surface area contributed by atoms with Gasteiger partial charge < -0.3 is 10.1 Å². The van der Waals surface area contributed by atoms with Crippen molar-refractivity contribution in [3.63, 3.8) is 0 Å². The van der Waals surface area contributed by atoms with Gasteiger partial charge in [0.05, 0.1) is 12.6 Å². The summed E-state index contributed by atoms with van der Waals surface area (Å²) in [4.78, 5) is 2.56. The first-order valence-electron chi connectivity index (χ1n) is 10.2. The number of benzene rings is 3. The Labute approximate surface area is 168 Å². The number of hydrogen-bond acceptors (Lipinski definition) is 3. The summed E-state index contributed by atoms with van der Waals surface area (Å²) in [5.74, 6) is 0.987. The van der Waals surface area contributed by atoms with Crippen LogP contribution in [0, 0.1) is 0 Å². The average molecular weight is 373 g/mol. The van der Waals surface area contributed by atoms with E-state index in [9.17, 15) is 0 Å². The van der Waals surface area contributed by atoms with Crippen molar-refractivity contribution in [2.45, 2.75) is 13.0 Å². The zero-order valence-corrected chi connectivity index (χ0v) is 16.5.